The standard InChI is InChI=1S/C20H18N2O6/c1-24-16-9-18(26-3)17(25-2)7-12(16)6-13(10-21)20(23)22-14-4-5-15-19(8-14)28-11-27-15/h4-9H,11H2,1-3H3,(H,22,23)/b13-6+. The first-order chi connectivity index (χ1) is 13.6. The minimum atomic E-state index is -0.571. The van der Waals surface area contributed by atoms with Gasteiger partial charge in [0.25, 0.3) is 5.91 Å². The monoisotopic (exact) mass is 382 g/mol. The Labute approximate surface area is 161 Å². The quantitative estimate of drug-likeness (QED) is 0.606. The third kappa shape index (κ3) is 3.78. The van der Waals surface area contributed by atoms with Crippen LogP contribution in [0, 0.1) is 11.3 Å². The predicted octanol–water partition coefficient (Wildman–Crippen LogP) is 2.99. The molecule has 2 aromatic carbocycles. The fraction of sp³-hybridized carbons (Fsp3) is 0.200. The summed E-state index contributed by atoms with van der Waals surface area (Å²) in [5.74, 6) is 1.91. The Hall–Kier alpha value is -3.86. The van der Waals surface area contributed by atoms with Gasteiger partial charge in [0, 0.05) is 23.4 Å². The lowest BCUT2D eigenvalue weighted by Crippen LogP contribution is -2.13. The zero-order valence-corrected chi connectivity index (χ0v) is 15.6. The van der Waals surface area contributed by atoms with Gasteiger partial charge in [0.05, 0.1) is 21.3 Å². The maximum absolute atomic E-state index is 12.6. The molecule has 0 bridgehead atoms. The SMILES string of the molecule is COc1cc(OC)c(OC)cc1/C=C(\C#N)C(=O)Nc1ccc2c(c1)OCO2. The number of carbonyl (C=O) groups is 1. The molecule has 8 nitrogen and oxygen atoms in total. The molecule has 0 unspecified atom stereocenters. The number of hydrogen-bond acceptors (Lipinski definition) is 7. The number of hydrogen-bond donors (Lipinski definition) is 1. The second-order valence-corrected chi connectivity index (χ2v) is 5.64. The van der Waals surface area contributed by atoms with Crippen LogP contribution in [0.1, 0.15) is 5.56 Å². The lowest BCUT2D eigenvalue weighted by molar-refractivity contribution is -0.112. The van der Waals surface area contributed by atoms with Crippen molar-refractivity contribution < 1.29 is 28.5 Å². The van der Waals surface area contributed by atoms with Crippen molar-refractivity contribution in [2.45, 2.75) is 0 Å². The van der Waals surface area contributed by atoms with Crippen molar-refractivity contribution in [3.05, 3.63) is 41.5 Å². The number of amides is 1. The van der Waals surface area contributed by atoms with E-state index < -0.39 is 5.91 Å². The van der Waals surface area contributed by atoms with Crippen LogP contribution in [0.25, 0.3) is 6.08 Å². The second kappa shape index (κ2) is 8.22. The lowest BCUT2D eigenvalue weighted by Gasteiger charge is -2.12. The molecule has 0 aliphatic carbocycles. The summed E-state index contributed by atoms with van der Waals surface area (Å²) >= 11 is 0. The Morgan fingerprint density at radius 1 is 1.04 bits per heavy atom. The second-order valence-electron chi connectivity index (χ2n) is 5.64. The van der Waals surface area contributed by atoms with Crippen molar-refractivity contribution in [2.75, 3.05) is 33.4 Å². The van der Waals surface area contributed by atoms with Gasteiger partial charge in [0.1, 0.15) is 17.4 Å². The first-order valence-electron chi connectivity index (χ1n) is 8.22. The van der Waals surface area contributed by atoms with Crippen molar-refractivity contribution in [1.82, 2.24) is 0 Å². The Balaban J connectivity index is 1.89. The van der Waals surface area contributed by atoms with E-state index in [2.05, 4.69) is 5.32 Å². The van der Waals surface area contributed by atoms with Crippen LogP contribution in [-0.4, -0.2) is 34.0 Å². The van der Waals surface area contributed by atoms with E-state index in [4.69, 9.17) is 23.7 Å². The van der Waals surface area contributed by atoms with Gasteiger partial charge in [0.2, 0.25) is 6.79 Å². The summed E-state index contributed by atoms with van der Waals surface area (Å²) in [5.41, 5.74) is 0.871. The third-order valence-electron chi connectivity index (χ3n) is 4.03. The predicted molar refractivity (Wildman–Crippen MR) is 101 cm³/mol. The molecule has 0 saturated carbocycles. The van der Waals surface area contributed by atoms with Crippen molar-refractivity contribution in [3.63, 3.8) is 0 Å². The maximum Gasteiger partial charge on any atom is 0.266 e. The van der Waals surface area contributed by atoms with Crippen LogP contribution in [-0.2, 0) is 4.79 Å². The molecule has 0 fully saturated rings. The number of nitrogens with one attached hydrogen (secondary N) is 1. The topological polar surface area (TPSA) is 99.0 Å². The Morgan fingerprint density at radius 2 is 1.71 bits per heavy atom. The number of ether oxygens (including phenoxy) is 5. The highest BCUT2D eigenvalue weighted by atomic mass is 16.7. The third-order valence-corrected chi connectivity index (χ3v) is 4.03. The molecular formula is C20H18N2O6. The van der Waals surface area contributed by atoms with Gasteiger partial charge in [-0.3, -0.25) is 4.79 Å². The Morgan fingerprint density at radius 3 is 2.39 bits per heavy atom. The molecule has 8 heteroatoms. The van der Waals surface area contributed by atoms with Gasteiger partial charge in [-0.1, -0.05) is 0 Å². The molecule has 0 spiro atoms. The number of carbonyl (C=O) groups excluding carboxylic acids is 1. The summed E-state index contributed by atoms with van der Waals surface area (Å²) in [6.45, 7) is 0.134. The largest absolute Gasteiger partial charge is 0.496 e. The highest BCUT2D eigenvalue weighted by molar-refractivity contribution is 6.10. The van der Waals surface area contributed by atoms with Gasteiger partial charge in [-0.25, -0.2) is 0 Å². The molecule has 1 aliphatic heterocycles. The number of rotatable bonds is 6. The summed E-state index contributed by atoms with van der Waals surface area (Å²) in [5, 5.41) is 12.1. The molecule has 2 aromatic rings. The van der Waals surface area contributed by atoms with Crippen LogP contribution in [0.3, 0.4) is 0 Å². The van der Waals surface area contributed by atoms with E-state index in [1.165, 1.54) is 27.4 Å². The fourth-order valence-electron chi connectivity index (χ4n) is 2.64. The van der Waals surface area contributed by atoms with Gasteiger partial charge in [0.15, 0.2) is 23.0 Å². The van der Waals surface area contributed by atoms with Crippen molar-refractivity contribution >= 4 is 17.7 Å². The smallest absolute Gasteiger partial charge is 0.266 e. The summed E-state index contributed by atoms with van der Waals surface area (Å²) in [7, 11) is 4.49. The van der Waals surface area contributed by atoms with Gasteiger partial charge in [-0.2, -0.15) is 5.26 Å². The van der Waals surface area contributed by atoms with Gasteiger partial charge >= 0.3 is 0 Å². The average molecular weight is 382 g/mol. The number of methoxy groups -OCH3 is 3. The molecule has 3 rings (SSSR count). The summed E-state index contributed by atoms with van der Waals surface area (Å²) in [4.78, 5) is 12.6. The van der Waals surface area contributed by atoms with Crippen molar-refractivity contribution in [1.29, 1.82) is 5.26 Å². The van der Waals surface area contributed by atoms with Crippen LogP contribution < -0.4 is 29.0 Å². The molecule has 1 heterocycles. The first-order valence-corrected chi connectivity index (χ1v) is 8.22. The van der Waals surface area contributed by atoms with Crippen molar-refractivity contribution in [2.24, 2.45) is 0 Å². The number of nitriles is 1. The molecule has 144 valence electrons. The molecule has 1 aliphatic rings. The maximum atomic E-state index is 12.6. The summed E-state index contributed by atoms with van der Waals surface area (Å²) in [6.07, 6.45) is 1.42. The zero-order chi connectivity index (χ0) is 20.1. The number of fused-ring (bicyclic) bond motifs is 1. The minimum absolute atomic E-state index is 0.108. The van der Waals surface area contributed by atoms with E-state index in [1.807, 2.05) is 6.07 Å². The van der Waals surface area contributed by atoms with E-state index in [0.717, 1.165) is 0 Å². The van der Waals surface area contributed by atoms with Crippen LogP contribution in [0.5, 0.6) is 28.7 Å². The Kier molecular flexibility index (Phi) is 5.56. The fourth-order valence-corrected chi connectivity index (χ4v) is 2.64. The van der Waals surface area contributed by atoms with Crippen LogP contribution in [0.15, 0.2) is 35.9 Å². The minimum Gasteiger partial charge on any atom is -0.496 e. The highest BCUT2D eigenvalue weighted by Crippen LogP contribution is 2.36. The highest BCUT2D eigenvalue weighted by Gasteiger charge is 2.17. The van der Waals surface area contributed by atoms with Gasteiger partial charge in [-0.15, -0.1) is 0 Å². The zero-order valence-electron chi connectivity index (χ0n) is 15.6. The molecule has 0 radical (unpaired) electrons. The van der Waals surface area contributed by atoms with Crippen LogP contribution in [0.4, 0.5) is 5.69 Å². The van der Waals surface area contributed by atoms with Crippen LogP contribution >= 0.6 is 0 Å². The van der Waals surface area contributed by atoms with E-state index in [0.29, 0.717) is 40.0 Å². The lowest BCUT2D eigenvalue weighted by atomic mass is 10.1. The molecule has 28 heavy (non-hydrogen) atoms. The Bertz CT molecular complexity index is 977. The molecule has 0 saturated heterocycles. The summed E-state index contributed by atoms with van der Waals surface area (Å²) < 4.78 is 26.4. The van der Waals surface area contributed by atoms with E-state index in [9.17, 15) is 10.1 Å². The molecule has 1 amide bonds. The van der Waals surface area contributed by atoms with Crippen molar-refractivity contribution in [3.8, 4) is 34.8 Å². The molecule has 1 N–H and O–H groups in total. The first kappa shape index (κ1) is 18.9. The van der Waals surface area contributed by atoms with E-state index in [1.54, 1.807) is 30.3 Å². The van der Waals surface area contributed by atoms with Crippen LogP contribution in [0.2, 0.25) is 0 Å². The molecular weight excluding hydrogens is 364 g/mol. The number of nitrogens with zero attached hydrogens (tertiary/aromatic N) is 1. The number of anilines is 1. The van der Waals surface area contributed by atoms with Gasteiger partial charge < -0.3 is 29.0 Å². The van der Waals surface area contributed by atoms with Gasteiger partial charge in [-0.05, 0) is 24.3 Å². The van der Waals surface area contributed by atoms with E-state index in [-0.39, 0.29) is 12.4 Å². The summed E-state index contributed by atoms with van der Waals surface area (Å²) in [6, 6.07) is 10.1. The average Bonchev–Trinajstić information content (AvgIpc) is 3.19. The number of benzene rings is 2. The molecule has 0 atom stereocenters. The van der Waals surface area contributed by atoms with E-state index >= 15 is 0 Å². The molecule has 0 aromatic heterocycles. The normalized spacial score (nSPS) is 12.1.